The van der Waals surface area contributed by atoms with E-state index < -0.39 is 5.97 Å². The van der Waals surface area contributed by atoms with Gasteiger partial charge in [-0.2, -0.15) is 0 Å². The Kier molecular flexibility index (Phi) is 3.27. The van der Waals surface area contributed by atoms with E-state index in [0.29, 0.717) is 22.6 Å². The van der Waals surface area contributed by atoms with Crippen LogP contribution in [0.2, 0.25) is 5.02 Å². The summed E-state index contributed by atoms with van der Waals surface area (Å²) in [6.07, 6.45) is 0. The second-order valence-corrected chi connectivity index (χ2v) is 5.12. The molecule has 0 amide bonds. The van der Waals surface area contributed by atoms with E-state index in [1.54, 1.807) is 18.2 Å². The summed E-state index contributed by atoms with van der Waals surface area (Å²) < 4.78 is 1.50. The molecule has 21 heavy (non-hydrogen) atoms. The highest BCUT2D eigenvalue weighted by atomic mass is 35.5. The summed E-state index contributed by atoms with van der Waals surface area (Å²) in [7, 11) is 0. The lowest BCUT2D eigenvalue weighted by Gasteiger charge is -2.04. The van der Waals surface area contributed by atoms with Crippen molar-refractivity contribution < 1.29 is 9.90 Å². The zero-order chi connectivity index (χ0) is 15.0. The number of aromatic carboxylic acids is 1. The summed E-state index contributed by atoms with van der Waals surface area (Å²) in [5.41, 5.74) is 1.95. The molecule has 0 unspecified atom stereocenters. The molecule has 0 saturated heterocycles. The number of fused-ring (bicyclic) bond motifs is 1. The maximum absolute atomic E-state index is 12.0. The Hall–Kier alpha value is -2.53. The first-order chi connectivity index (χ1) is 10.0. The average molecular weight is 303 g/mol. The molecule has 0 spiro atoms. The largest absolute Gasteiger partial charge is 0.478 e. The van der Waals surface area contributed by atoms with E-state index in [4.69, 9.17) is 16.7 Å². The van der Waals surface area contributed by atoms with E-state index in [9.17, 15) is 9.59 Å². The number of H-pyrrole nitrogens is 1. The highest BCUT2D eigenvalue weighted by Gasteiger charge is 2.10. The van der Waals surface area contributed by atoms with E-state index in [-0.39, 0.29) is 11.3 Å². The number of imidazole rings is 1. The summed E-state index contributed by atoms with van der Waals surface area (Å²) in [4.78, 5) is 25.8. The van der Waals surface area contributed by atoms with Crippen LogP contribution in [0.15, 0.2) is 47.3 Å². The van der Waals surface area contributed by atoms with Gasteiger partial charge >= 0.3 is 11.7 Å². The lowest BCUT2D eigenvalue weighted by molar-refractivity contribution is 0.0697. The highest BCUT2D eigenvalue weighted by molar-refractivity contribution is 6.30. The smallest absolute Gasteiger partial charge is 0.335 e. The molecule has 2 N–H and O–H groups in total. The SMILES string of the molecule is O=C(O)c1ccc2[nH]c(=O)n(Cc3ccc(Cl)cc3)c2c1. The van der Waals surface area contributed by atoms with E-state index >= 15 is 0 Å². The Bertz CT molecular complexity index is 878. The lowest BCUT2D eigenvalue weighted by Crippen LogP contribution is -2.17. The Balaban J connectivity index is 2.10. The zero-order valence-corrected chi connectivity index (χ0v) is 11.6. The van der Waals surface area contributed by atoms with Crippen molar-refractivity contribution in [2.75, 3.05) is 0 Å². The van der Waals surface area contributed by atoms with Crippen LogP contribution in [-0.2, 0) is 6.54 Å². The van der Waals surface area contributed by atoms with Gasteiger partial charge in [-0.1, -0.05) is 23.7 Å². The Morgan fingerprint density at radius 3 is 2.57 bits per heavy atom. The van der Waals surface area contributed by atoms with E-state index in [1.807, 2.05) is 12.1 Å². The summed E-state index contributed by atoms with van der Waals surface area (Å²) in [5, 5.41) is 9.67. The van der Waals surface area contributed by atoms with Gasteiger partial charge in [-0.15, -0.1) is 0 Å². The number of benzene rings is 2. The molecule has 1 aromatic heterocycles. The first-order valence-corrected chi connectivity index (χ1v) is 6.63. The maximum Gasteiger partial charge on any atom is 0.335 e. The standard InChI is InChI=1S/C15H11ClN2O3/c16-11-4-1-9(2-5-11)8-18-13-7-10(14(19)20)3-6-12(13)17-15(18)21/h1-7H,8H2,(H,17,21)(H,19,20). The van der Waals surface area contributed by atoms with Crippen molar-refractivity contribution >= 4 is 28.6 Å². The number of halogens is 1. The molecule has 3 aromatic rings. The maximum atomic E-state index is 12.0. The van der Waals surface area contributed by atoms with Crippen LogP contribution >= 0.6 is 11.6 Å². The molecular weight excluding hydrogens is 292 g/mol. The van der Waals surface area contributed by atoms with E-state index in [1.165, 1.54) is 16.7 Å². The molecule has 0 saturated carbocycles. The van der Waals surface area contributed by atoms with Gasteiger partial charge in [0, 0.05) is 5.02 Å². The number of nitrogens with zero attached hydrogens (tertiary/aromatic N) is 1. The molecule has 2 aromatic carbocycles. The molecule has 0 bridgehead atoms. The third-order valence-electron chi connectivity index (χ3n) is 3.28. The van der Waals surface area contributed by atoms with Crippen molar-refractivity contribution in [2.24, 2.45) is 0 Å². The number of aromatic amines is 1. The monoisotopic (exact) mass is 302 g/mol. The predicted molar refractivity (Wildman–Crippen MR) is 80.1 cm³/mol. The number of rotatable bonds is 3. The number of hydrogen-bond donors (Lipinski definition) is 2. The predicted octanol–water partition coefficient (Wildman–Crippen LogP) is 2.73. The van der Waals surface area contributed by atoms with Crippen molar-refractivity contribution in [1.29, 1.82) is 0 Å². The van der Waals surface area contributed by atoms with Crippen LogP contribution in [0, 0.1) is 0 Å². The molecule has 0 aliphatic carbocycles. The van der Waals surface area contributed by atoms with Gasteiger partial charge in [0.2, 0.25) is 0 Å². The number of nitrogens with one attached hydrogen (secondary N) is 1. The van der Waals surface area contributed by atoms with Gasteiger partial charge in [-0.3, -0.25) is 4.57 Å². The average Bonchev–Trinajstić information content (AvgIpc) is 2.77. The second-order valence-electron chi connectivity index (χ2n) is 4.68. The first kappa shape index (κ1) is 13.5. The molecular formula is C15H11ClN2O3. The van der Waals surface area contributed by atoms with Crippen molar-refractivity contribution in [3.8, 4) is 0 Å². The molecule has 3 rings (SSSR count). The van der Waals surface area contributed by atoms with E-state index in [2.05, 4.69) is 4.98 Å². The fourth-order valence-electron chi connectivity index (χ4n) is 2.22. The molecule has 1 heterocycles. The normalized spacial score (nSPS) is 10.9. The number of carbonyl (C=O) groups is 1. The summed E-state index contributed by atoms with van der Waals surface area (Å²) in [6, 6.07) is 11.7. The van der Waals surface area contributed by atoms with Crippen molar-refractivity contribution in [3.05, 3.63) is 69.1 Å². The molecule has 5 nitrogen and oxygen atoms in total. The van der Waals surface area contributed by atoms with Crippen LogP contribution in [0.1, 0.15) is 15.9 Å². The van der Waals surface area contributed by atoms with Gasteiger partial charge in [0.05, 0.1) is 23.1 Å². The third-order valence-corrected chi connectivity index (χ3v) is 3.53. The van der Waals surface area contributed by atoms with Gasteiger partial charge in [0.15, 0.2) is 0 Å². The van der Waals surface area contributed by atoms with Crippen LogP contribution in [-0.4, -0.2) is 20.6 Å². The Morgan fingerprint density at radius 1 is 1.19 bits per heavy atom. The highest BCUT2D eigenvalue weighted by Crippen LogP contribution is 2.16. The fourth-order valence-corrected chi connectivity index (χ4v) is 2.34. The molecule has 0 atom stereocenters. The summed E-state index contributed by atoms with van der Waals surface area (Å²) in [6.45, 7) is 0.346. The quantitative estimate of drug-likeness (QED) is 0.781. The molecule has 106 valence electrons. The van der Waals surface area contributed by atoms with Gasteiger partial charge in [0.1, 0.15) is 0 Å². The minimum absolute atomic E-state index is 0.145. The van der Waals surface area contributed by atoms with Gasteiger partial charge < -0.3 is 10.1 Å². The first-order valence-electron chi connectivity index (χ1n) is 6.25. The van der Waals surface area contributed by atoms with Crippen LogP contribution in [0.4, 0.5) is 0 Å². The molecule has 0 aliphatic rings. The van der Waals surface area contributed by atoms with Crippen molar-refractivity contribution in [2.45, 2.75) is 6.54 Å². The van der Waals surface area contributed by atoms with Gasteiger partial charge in [-0.25, -0.2) is 9.59 Å². The lowest BCUT2D eigenvalue weighted by atomic mass is 10.2. The molecule has 6 heteroatoms. The zero-order valence-electron chi connectivity index (χ0n) is 10.8. The van der Waals surface area contributed by atoms with Crippen LogP contribution in [0.3, 0.4) is 0 Å². The summed E-state index contributed by atoms with van der Waals surface area (Å²) >= 11 is 5.84. The van der Waals surface area contributed by atoms with Gasteiger partial charge in [0.25, 0.3) is 0 Å². The van der Waals surface area contributed by atoms with Crippen LogP contribution < -0.4 is 5.69 Å². The minimum Gasteiger partial charge on any atom is -0.478 e. The number of carboxylic acid groups (broad SMARTS) is 1. The fraction of sp³-hybridized carbons (Fsp3) is 0.0667. The molecule has 0 fully saturated rings. The topological polar surface area (TPSA) is 75.1 Å². The Morgan fingerprint density at radius 2 is 1.90 bits per heavy atom. The Labute approximate surface area is 124 Å². The van der Waals surface area contributed by atoms with Crippen LogP contribution in [0.5, 0.6) is 0 Å². The summed E-state index contributed by atoms with van der Waals surface area (Å²) in [5.74, 6) is -1.02. The van der Waals surface area contributed by atoms with Crippen molar-refractivity contribution in [3.63, 3.8) is 0 Å². The minimum atomic E-state index is -1.02. The number of carboxylic acids is 1. The van der Waals surface area contributed by atoms with Crippen LogP contribution in [0.25, 0.3) is 11.0 Å². The number of hydrogen-bond acceptors (Lipinski definition) is 2. The molecule has 0 radical (unpaired) electrons. The second kappa shape index (κ2) is 5.10. The number of aromatic nitrogens is 2. The van der Waals surface area contributed by atoms with Gasteiger partial charge in [-0.05, 0) is 35.9 Å². The molecule has 0 aliphatic heterocycles. The van der Waals surface area contributed by atoms with E-state index in [0.717, 1.165) is 5.56 Å². The third kappa shape index (κ3) is 2.55. The van der Waals surface area contributed by atoms with Crippen molar-refractivity contribution in [1.82, 2.24) is 9.55 Å².